The Morgan fingerprint density at radius 2 is 2.44 bits per heavy atom. The number of fused-ring (bicyclic) bond motifs is 2. The summed E-state index contributed by atoms with van der Waals surface area (Å²) in [5, 5.41) is 9.41. The first-order valence-corrected chi connectivity index (χ1v) is 3.35. The van der Waals surface area contributed by atoms with E-state index < -0.39 is 5.79 Å². The van der Waals surface area contributed by atoms with Crippen molar-refractivity contribution in [2.24, 2.45) is 11.7 Å². The Kier molecular flexibility index (Phi) is 0.928. The van der Waals surface area contributed by atoms with Crippen LogP contribution in [-0.2, 0) is 4.74 Å². The summed E-state index contributed by atoms with van der Waals surface area (Å²) in [6.45, 7) is 0. The molecule has 3 unspecified atom stereocenters. The quantitative estimate of drug-likeness (QED) is 0.476. The van der Waals surface area contributed by atoms with Crippen molar-refractivity contribution < 1.29 is 9.84 Å². The predicted octanol–water partition coefficient (Wildman–Crippen LogP) is -0.210. The first-order valence-electron chi connectivity index (χ1n) is 3.35. The van der Waals surface area contributed by atoms with Crippen molar-refractivity contribution in [1.82, 2.24) is 0 Å². The third-order valence-corrected chi connectivity index (χ3v) is 2.31. The van der Waals surface area contributed by atoms with Crippen molar-refractivity contribution in [2.45, 2.75) is 31.3 Å². The average molecular weight is 129 g/mol. The van der Waals surface area contributed by atoms with Gasteiger partial charge in [-0.25, -0.2) is 0 Å². The zero-order valence-electron chi connectivity index (χ0n) is 5.21. The van der Waals surface area contributed by atoms with Gasteiger partial charge in [-0.15, -0.1) is 0 Å². The molecular weight excluding hydrogens is 118 g/mol. The Bertz CT molecular complexity index is 135. The SMILES string of the molecule is NC1OC2(O)CCC1C2. The summed E-state index contributed by atoms with van der Waals surface area (Å²) in [6.07, 6.45) is 2.33. The van der Waals surface area contributed by atoms with Gasteiger partial charge in [0.25, 0.3) is 0 Å². The highest BCUT2D eigenvalue weighted by atomic mass is 16.6. The Balaban J connectivity index is 2.19. The van der Waals surface area contributed by atoms with E-state index in [-0.39, 0.29) is 6.23 Å². The molecule has 0 aromatic heterocycles. The zero-order chi connectivity index (χ0) is 6.48. The van der Waals surface area contributed by atoms with Crippen molar-refractivity contribution >= 4 is 0 Å². The van der Waals surface area contributed by atoms with Crippen LogP contribution in [-0.4, -0.2) is 17.1 Å². The molecule has 2 rings (SSSR count). The number of ether oxygens (including phenoxy) is 1. The maximum absolute atomic E-state index is 9.41. The summed E-state index contributed by atoms with van der Waals surface area (Å²) in [5.74, 6) is -0.431. The lowest BCUT2D eigenvalue weighted by molar-refractivity contribution is -0.202. The van der Waals surface area contributed by atoms with E-state index in [9.17, 15) is 5.11 Å². The van der Waals surface area contributed by atoms with Gasteiger partial charge in [0.2, 0.25) is 0 Å². The Morgan fingerprint density at radius 1 is 1.67 bits per heavy atom. The highest BCUT2D eigenvalue weighted by Gasteiger charge is 2.49. The van der Waals surface area contributed by atoms with Gasteiger partial charge in [-0.2, -0.15) is 0 Å². The van der Waals surface area contributed by atoms with Gasteiger partial charge >= 0.3 is 0 Å². The van der Waals surface area contributed by atoms with Crippen molar-refractivity contribution in [3.63, 3.8) is 0 Å². The highest BCUT2D eigenvalue weighted by Crippen LogP contribution is 2.44. The normalized spacial score (nSPS) is 56.7. The minimum atomic E-state index is -0.843. The maximum atomic E-state index is 9.41. The molecule has 3 atom stereocenters. The standard InChI is InChI=1S/C6H11NO2/c7-5-4-1-2-6(8,3-4)9-5/h4-5,8H,1-3,7H2. The molecule has 1 aliphatic heterocycles. The topological polar surface area (TPSA) is 55.5 Å². The van der Waals surface area contributed by atoms with Gasteiger partial charge in [-0.05, 0) is 6.42 Å². The summed E-state index contributed by atoms with van der Waals surface area (Å²) < 4.78 is 5.08. The summed E-state index contributed by atoms with van der Waals surface area (Å²) in [5.41, 5.74) is 5.52. The van der Waals surface area contributed by atoms with Gasteiger partial charge in [-0.3, -0.25) is 0 Å². The Hall–Kier alpha value is -0.120. The molecule has 1 saturated carbocycles. The lowest BCUT2D eigenvalue weighted by atomic mass is 10.1. The smallest absolute Gasteiger partial charge is 0.167 e. The average Bonchev–Trinajstić information content (AvgIpc) is 2.20. The minimum Gasteiger partial charge on any atom is -0.365 e. The van der Waals surface area contributed by atoms with Crippen LogP contribution in [0.2, 0.25) is 0 Å². The molecular formula is C6H11NO2. The molecule has 3 heteroatoms. The molecule has 3 nitrogen and oxygen atoms in total. The van der Waals surface area contributed by atoms with Gasteiger partial charge in [0.1, 0.15) is 6.23 Å². The molecule has 2 fully saturated rings. The molecule has 1 heterocycles. The van der Waals surface area contributed by atoms with Gasteiger partial charge in [0, 0.05) is 18.8 Å². The van der Waals surface area contributed by atoms with Crippen LogP contribution in [0.3, 0.4) is 0 Å². The van der Waals surface area contributed by atoms with Gasteiger partial charge in [0.05, 0.1) is 0 Å². The van der Waals surface area contributed by atoms with Crippen molar-refractivity contribution in [3.05, 3.63) is 0 Å². The summed E-state index contributed by atoms with van der Waals surface area (Å²) >= 11 is 0. The number of hydrogen-bond acceptors (Lipinski definition) is 3. The monoisotopic (exact) mass is 129 g/mol. The molecule has 52 valence electrons. The van der Waals surface area contributed by atoms with Crippen molar-refractivity contribution in [2.75, 3.05) is 0 Å². The van der Waals surface area contributed by atoms with E-state index in [0.29, 0.717) is 5.92 Å². The number of nitrogens with two attached hydrogens (primary N) is 1. The lowest BCUT2D eigenvalue weighted by Crippen LogP contribution is -2.35. The van der Waals surface area contributed by atoms with Crippen LogP contribution in [0, 0.1) is 5.92 Å². The molecule has 1 aliphatic carbocycles. The van der Waals surface area contributed by atoms with Crippen LogP contribution in [0.5, 0.6) is 0 Å². The molecule has 9 heavy (non-hydrogen) atoms. The molecule has 2 aliphatic rings. The molecule has 0 aromatic rings. The minimum absolute atomic E-state index is 0.205. The third kappa shape index (κ3) is 0.689. The largest absolute Gasteiger partial charge is 0.365 e. The van der Waals surface area contributed by atoms with E-state index in [0.717, 1.165) is 19.3 Å². The van der Waals surface area contributed by atoms with Gasteiger partial charge in [-0.1, -0.05) is 0 Å². The number of rotatable bonds is 0. The fourth-order valence-corrected chi connectivity index (χ4v) is 1.76. The van der Waals surface area contributed by atoms with Gasteiger partial charge < -0.3 is 15.6 Å². The predicted molar refractivity (Wildman–Crippen MR) is 31.4 cm³/mol. The van der Waals surface area contributed by atoms with Crippen LogP contribution >= 0.6 is 0 Å². The second kappa shape index (κ2) is 1.48. The fraction of sp³-hybridized carbons (Fsp3) is 1.00. The summed E-state index contributed by atoms with van der Waals surface area (Å²) in [6, 6.07) is 0. The van der Waals surface area contributed by atoms with Crippen molar-refractivity contribution in [1.29, 1.82) is 0 Å². The maximum Gasteiger partial charge on any atom is 0.167 e. The van der Waals surface area contributed by atoms with Crippen LogP contribution in [0.15, 0.2) is 0 Å². The Labute approximate surface area is 53.8 Å². The molecule has 0 spiro atoms. The summed E-state index contributed by atoms with van der Waals surface area (Å²) in [4.78, 5) is 0. The van der Waals surface area contributed by atoms with Gasteiger partial charge in [0.15, 0.2) is 5.79 Å². The summed E-state index contributed by atoms with van der Waals surface area (Å²) in [7, 11) is 0. The van der Waals surface area contributed by atoms with E-state index in [2.05, 4.69) is 0 Å². The van der Waals surface area contributed by atoms with E-state index in [1.54, 1.807) is 0 Å². The first-order chi connectivity index (χ1) is 4.20. The van der Waals surface area contributed by atoms with Crippen LogP contribution in [0.4, 0.5) is 0 Å². The van der Waals surface area contributed by atoms with E-state index in [4.69, 9.17) is 10.5 Å². The van der Waals surface area contributed by atoms with E-state index in [1.807, 2.05) is 0 Å². The number of aliphatic hydroxyl groups is 1. The molecule has 0 aromatic carbocycles. The van der Waals surface area contributed by atoms with Crippen LogP contribution in [0.1, 0.15) is 19.3 Å². The van der Waals surface area contributed by atoms with E-state index in [1.165, 1.54) is 0 Å². The van der Waals surface area contributed by atoms with Crippen molar-refractivity contribution in [3.8, 4) is 0 Å². The third-order valence-electron chi connectivity index (χ3n) is 2.31. The molecule has 0 amide bonds. The molecule has 1 saturated heterocycles. The zero-order valence-corrected chi connectivity index (χ0v) is 5.21. The number of hydrogen-bond donors (Lipinski definition) is 2. The van der Waals surface area contributed by atoms with Crippen LogP contribution in [0.25, 0.3) is 0 Å². The highest BCUT2D eigenvalue weighted by molar-refractivity contribution is 4.91. The Morgan fingerprint density at radius 3 is 2.67 bits per heavy atom. The molecule has 2 bridgehead atoms. The van der Waals surface area contributed by atoms with Crippen LogP contribution < -0.4 is 5.73 Å². The molecule has 0 radical (unpaired) electrons. The lowest BCUT2D eigenvalue weighted by Gasteiger charge is -2.23. The fourth-order valence-electron chi connectivity index (χ4n) is 1.76. The first kappa shape index (κ1) is 5.65. The second-order valence-corrected chi connectivity index (χ2v) is 3.03. The second-order valence-electron chi connectivity index (χ2n) is 3.03. The van der Waals surface area contributed by atoms with E-state index >= 15 is 0 Å². The molecule has 3 N–H and O–H groups in total.